The van der Waals surface area contributed by atoms with Crippen LogP contribution in [-0.4, -0.2) is 46.8 Å². The Labute approximate surface area is 199 Å². The van der Waals surface area contributed by atoms with Gasteiger partial charge in [0.2, 0.25) is 10.0 Å². The van der Waals surface area contributed by atoms with Gasteiger partial charge in [0, 0.05) is 13.0 Å². The van der Waals surface area contributed by atoms with Gasteiger partial charge in [-0.05, 0) is 42.4 Å². The van der Waals surface area contributed by atoms with Crippen molar-refractivity contribution >= 4 is 10.0 Å². The molecule has 1 aromatic heterocycles. The van der Waals surface area contributed by atoms with E-state index in [1.54, 1.807) is 16.8 Å². The molecule has 1 atom stereocenters. The highest BCUT2D eigenvalue weighted by Crippen LogP contribution is 2.18. The van der Waals surface area contributed by atoms with Gasteiger partial charge < -0.3 is 5.11 Å². The normalized spacial score (nSPS) is 12.7. The number of aromatic nitrogens is 3. The van der Waals surface area contributed by atoms with E-state index in [1.807, 2.05) is 72.6 Å². The summed E-state index contributed by atoms with van der Waals surface area (Å²) in [5.41, 5.74) is 2.62. The van der Waals surface area contributed by atoms with Gasteiger partial charge in [-0.2, -0.15) is 0 Å². The van der Waals surface area contributed by atoms with Gasteiger partial charge in [0.25, 0.3) is 0 Å². The quantitative estimate of drug-likeness (QED) is 0.383. The summed E-state index contributed by atoms with van der Waals surface area (Å²) in [5, 5.41) is 20.5. The van der Waals surface area contributed by atoms with E-state index in [0.29, 0.717) is 31.0 Å². The van der Waals surface area contributed by atoms with E-state index in [4.69, 9.17) is 15.2 Å². The van der Waals surface area contributed by atoms with Crippen LogP contribution >= 0.6 is 0 Å². The smallest absolute Gasteiger partial charge is 0.238 e. The van der Waals surface area contributed by atoms with Crippen LogP contribution in [0.25, 0.3) is 5.69 Å². The van der Waals surface area contributed by atoms with Crippen molar-refractivity contribution in [1.29, 1.82) is 0 Å². The molecule has 0 saturated heterocycles. The Morgan fingerprint density at radius 2 is 1.59 bits per heavy atom. The molecule has 9 heteroatoms. The van der Waals surface area contributed by atoms with Gasteiger partial charge >= 0.3 is 0 Å². The second kappa shape index (κ2) is 10.3. The van der Waals surface area contributed by atoms with E-state index in [2.05, 4.69) is 0 Å². The van der Waals surface area contributed by atoms with Crippen molar-refractivity contribution < 1.29 is 13.5 Å². The molecule has 0 radical (unpaired) electrons. The third-order valence-corrected chi connectivity index (χ3v) is 6.34. The van der Waals surface area contributed by atoms with Crippen molar-refractivity contribution in [1.82, 2.24) is 19.7 Å². The van der Waals surface area contributed by atoms with Crippen LogP contribution in [0.5, 0.6) is 0 Å². The van der Waals surface area contributed by atoms with Crippen molar-refractivity contribution in [3.8, 4) is 5.69 Å². The molecule has 1 heterocycles. The highest BCUT2D eigenvalue weighted by molar-refractivity contribution is 7.89. The second-order valence-corrected chi connectivity index (χ2v) is 9.74. The molecule has 3 aromatic carbocycles. The van der Waals surface area contributed by atoms with Crippen LogP contribution < -0.4 is 5.14 Å². The molecule has 0 amide bonds. The van der Waals surface area contributed by atoms with Crippen molar-refractivity contribution in [3.05, 3.63) is 108 Å². The SMILES string of the molecule is CN(Cc1nc(Cc2ccccc2)n(-c2ccc(S(N)(=O)=O)cc2)n1)CC(O)c1ccccc1. The highest BCUT2D eigenvalue weighted by Gasteiger charge is 2.17. The van der Waals surface area contributed by atoms with Gasteiger partial charge in [0.1, 0.15) is 5.82 Å². The molecule has 0 spiro atoms. The summed E-state index contributed by atoms with van der Waals surface area (Å²) in [6.07, 6.45) is -0.0657. The van der Waals surface area contributed by atoms with Crippen LogP contribution in [0, 0.1) is 0 Å². The number of primary sulfonamides is 1. The summed E-state index contributed by atoms with van der Waals surface area (Å²) >= 11 is 0. The first-order valence-corrected chi connectivity index (χ1v) is 12.4. The molecule has 0 saturated carbocycles. The number of benzene rings is 3. The van der Waals surface area contributed by atoms with Crippen LogP contribution in [0.3, 0.4) is 0 Å². The number of hydrogen-bond donors (Lipinski definition) is 2. The monoisotopic (exact) mass is 477 g/mol. The lowest BCUT2D eigenvalue weighted by atomic mass is 10.1. The van der Waals surface area contributed by atoms with Gasteiger partial charge in [-0.1, -0.05) is 60.7 Å². The fourth-order valence-electron chi connectivity index (χ4n) is 3.72. The molecular weight excluding hydrogens is 450 g/mol. The number of rotatable bonds is 9. The largest absolute Gasteiger partial charge is 0.387 e. The van der Waals surface area contributed by atoms with Crippen molar-refractivity contribution in [2.24, 2.45) is 5.14 Å². The molecular formula is C25H27N5O3S. The Balaban J connectivity index is 1.58. The number of hydrogen-bond acceptors (Lipinski definition) is 6. The predicted molar refractivity (Wildman–Crippen MR) is 130 cm³/mol. The number of nitrogens with two attached hydrogens (primary N) is 1. The lowest BCUT2D eigenvalue weighted by Gasteiger charge is -2.19. The second-order valence-electron chi connectivity index (χ2n) is 8.18. The average Bonchev–Trinajstić information content (AvgIpc) is 3.21. The van der Waals surface area contributed by atoms with Gasteiger partial charge in [-0.15, -0.1) is 5.10 Å². The average molecular weight is 478 g/mol. The Kier molecular flexibility index (Phi) is 7.18. The van der Waals surface area contributed by atoms with Crippen LogP contribution in [-0.2, 0) is 23.0 Å². The summed E-state index contributed by atoms with van der Waals surface area (Å²) in [7, 11) is -1.87. The van der Waals surface area contributed by atoms with E-state index in [9.17, 15) is 13.5 Å². The summed E-state index contributed by atoms with van der Waals surface area (Å²) < 4.78 is 25.0. The van der Waals surface area contributed by atoms with Crippen LogP contribution in [0.2, 0.25) is 0 Å². The summed E-state index contributed by atoms with van der Waals surface area (Å²) in [6, 6.07) is 25.7. The zero-order valence-electron chi connectivity index (χ0n) is 18.8. The standard InChI is InChI=1S/C25H27N5O3S/c1-29(17-23(31)20-10-6-3-7-11-20)18-24-27-25(16-19-8-4-2-5-9-19)30(28-24)21-12-14-22(15-13-21)34(26,32)33/h2-15,23,31H,16-18H2,1H3,(H2,26,32,33). The fraction of sp³-hybridized carbons (Fsp3) is 0.200. The predicted octanol–water partition coefficient (Wildman–Crippen LogP) is 2.67. The third-order valence-electron chi connectivity index (χ3n) is 5.41. The molecule has 4 aromatic rings. The summed E-state index contributed by atoms with van der Waals surface area (Å²) in [5.74, 6) is 1.32. The molecule has 8 nitrogen and oxygen atoms in total. The highest BCUT2D eigenvalue weighted by atomic mass is 32.2. The first-order chi connectivity index (χ1) is 16.3. The number of likely N-dealkylation sites (N-methyl/N-ethyl adjacent to an activating group) is 1. The topological polar surface area (TPSA) is 114 Å². The lowest BCUT2D eigenvalue weighted by molar-refractivity contribution is 0.122. The van der Waals surface area contributed by atoms with Gasteiger partial charge in [-0.25, -0.2) is 23.2 Å². The van der Waals surface area contributed by atoms with Crippen molar-refractivity contribution in [3.63, 3.8) is 0 Å². The lowest BCUT2D eigenvalue weighted by Crippen LogP contribution is -2.24. The zero-order chi connectivity index (χ0) is 24.1. The van der Waals surface area contributed by atoms with E-state index in [-0.39, 0.29) is 4.90 Å². The number of sulfonamides is 1. The minimum Gasteiger partial charge on any atom is -0.387 e. The molecule has 1 unspecified atom stereocenters. The fourth-order valence-corrected chi connectivity index (χ4v) is 4.23. The summed E-state index contributed by atoms with van der Waals surface area (Å²) in [6.45, 7) is 0.865. The first kappa shape index (κ1) is 23.8. The van der Waals surface area contributed by atoms with Crippen molar-refractivity contribution in [2.45, 2.75) is 24.0 Å². The Morgan fingerprint density at radius 3 is 2.21 bits per heavy atom. The Bertz CT molecular complexity index is 1320. The maximum atomic E-state index is 11.6. The molecule has 0 bridgehead atoms. The van der Waals surface area contributed by atoms with Crippen LogP contribution in [0.15, 0.2) is 89.8 Å². The summed E-state index contributed by atoms with van der Waals surface area (Å²) in [4.78, 5) is 6.76. The Hall–Kier alpha value is -3.37. The number of nitrogens with zero attached hydrogens (tertiary/aromatic N) is 4. The maximum absolute atomic E-state index is 11.6. The number of aliphatic hydroxyl groups is 1. The van der Waals surface area contributed by atoms with E-state index in [0.717, 1.165) is 17.0 Å². The molecule has 3 N–H and O–H groups in total. The van der Waals surface area contributed by atoms with E-state index >= 15 is 0 Å². The molecule has 4 rings (SSSR count). The Morgan fingerprint density at radius 1 is 0.971 bits per heavy atom. The van der Waals surface area contributed by atoms with Gasteiger partial charge in [0.05, 0.1) is 23.2 Å². The van der Waals surface area contributed by atoms with Gasteiger partial charge in [0.15, 0.2) is 5.82 Å². The zero-order valence-corrected chi connectivity index (χ0v) is 19.6. The minimum atomic E-state index is -3.78. The van der Waals surface area contributed by atoms with Crippen LogP contribution in [0.1, 0.15) is 28.9 Å². The first-order valence-electron chi connectivity index (χ1n) is 10.8. The molecule has 34 heavy (non-hydrogen) atoms. The molecule has 0 aliphatic rings. The van der Waals surface area contributed by atoms with E-state index in [1.165, 1.54) is 12.1 Å². The minimum absolute atomic E-state index is 0.0378. The van der Waals surface area contributed by atoms with E-state index < -0.39 is 16.1 Å². The molecule has 176 valence electrons. The van der Waals surface area contributed by atoms with Crippen LogP contribution in [0.4, 0.5) is 0 Å². The number of aliphatic hydroxyl groups excluding tert-OH is 1. The van der Waals surface area contributed by atoms with Gasteiger partial charge in [-0.3, -0.25) is 4.90 Å². The van der Waals surface area contributed by atoms with Crippen molar-refractivity contribution in [2.75, 3.05) is 13.6 Å². The molecule has 0 aliphatic carbocycles. The third kappa shape index (κ3) is 5.95. The molecule has 0 fully saturated rings. The molecule has 0 aliphatic heterocycles. The maximum Gasteiger partial charge on any atom is 0.238 e.